The van der Waals surface area contributed by atoms with E-state index in [-0.39, 0.29) is 30.0 Å². The second-order valence-corrected chi connectivity index (χ2v) is 5.44. The second-order valence-electron chi connectivity index (χ2n) is 5.44. The zero-order valence-corrected chi connectivity index (χ0v) is 14.1. The van der Waals surface area contributed by atoms with Gasteiger partial charge in [-0.25, -0.2) is 4.79 Å². The van der Waals surface area contributed by atoms with Crippen molar-refractivity contribution in [3.8, 4) is 0 Å². The van der Waals surface area contributed by atoms with Crippen LogP contribution in [0.1, 0.15) is 12.8 Å². The van der Waals surface area contributed by atoms with Crippen molar-refractivity contribution in [1.82, 2.24) is 0 Å². The van der Waals surface area contributed by atoms with Gasteiger partial charge in [-0.05, 0) is 30.6 Å². The van der Waals surface area contributed by atoms with Gasteiger partial charge >= 0.3 is 5.97 Å². The number of aliphatic carboxylic acids is 1. The lowest BCUT2D eigenvalue weighted by molar-refractivity contribution is -0.131. The van der Waals surface area contributed by atoms with Crippen molar-refractivity contribution < 1.29 is 30.0 Å². The fourth-order valence-electron chi connectivity index (χ4n) is 2.22. The van der Waals surface area contributed by atoms with Gasteiger partial charge in [-0.2, -0.15) is 0 Å². The van der Waals surface area contributed by atoms with Gasteiger partial charge in [0.1, 0.15) is 11.5 Å². The quantitative estimate of drug-likeness (QED) is 0.449. The minimum atomic E-state index is -0.942. The number of hydrogen-bond acceptors (Lipinski definition) is 5. The van der Waals surface area contributed by atoms with Crippen molar-refractivity contribution in [2.24, 2.45) is 11.8 Å². The van der Waals surface area contributed by atoms with E-state index in [0.29, 0.717) is 18.6 Å². The van der Waals surface area contributed by atoms with Crippen LogP contribution < -0.4 is 0 Å². The third-order valence-electron chi connectivity index (χ3n) is 3.54. The molecule has 2 unspecified atom stereocenters. The first-order valence-electron chi connectivity index (χ1n) is 7.86. The maximum Gasteiger partial charge on any atom is 0.327 e. The average molecular weight is 348 g/mol. The van der Waals surface area contributed by atoms with Gasteiger partial charge in [0.2, 0.25) is 0 Å². The molecule has 0 saturated heterocycles. The summed E-state index contributed by atoms with van der Waals surface area (Å²) in [6.07, 6.45) is 16.1. The van der Waals surface area contributed by atoms with Crippen LogP contribution in [0.4, 0.5) is 0 Å². The molecule has 6 heteroatoms. The van der Waals surface area contributed by atoms with Crippen LogP contribution in [0.2, 0.25) is 0 Å². The Hall–Kier alpha value is -2.73. The van der Waals surface area contributed by atoms with E-state index in [1.165, 1.54) is 7.11 Å². The smallest absolute Gasteiger partial charge is 0.327 e. The normalized spacial score (nSPS) is 22.7. The van der Waals surface area contributed by atoms with E-state index in [1.54, 1.807) is 36.5 Å². The molecule has 6 nitrogen and oxygen atoms in total. The van der Waals surface area contributed by atoms with Crippen LogP contribution >= 0.6 is 0 Å². The molecule has 0 aromatic rings. The Bertz CT molecular complexity index is 622. The van der Waals surface area contributed by atoms with Crippen molar-refractivity contribution >= 4 is 5.97 Å². The molecule has 2 atom stereocenters. The lowest BCUT2D eigenvalue weighted by Gasteiger charge is -2.15. The monoisotopic (exact) mass is 348 g/mol. The van der Waals surface area contributed by atoms with Crippen LogP contribution in [-0.2, 0) is 9.53 Å². The van der Waals surface area contributed by atoms with Crippen LogP contribution in [0.15, 0.2) is 72.0 Å². The molecule has 0 radical (unpaired) electrons. The van der Waals surface area contributed by atoms with Crippen molar-refractivity contribution in [2.75, 3.05) is 13.7 Å². The highest BCUT2D eigenvalue weighted by Crippen LogP contribution is 2.23. The minimum absolute atomic E-state index is 0.0440. The number of aliphatic hydroxyl groups excluding tert-OH is 3. The number of methoxy groups -OCH3 is 1. The molecule has 136 valence electrons. The van der Waals surface area contributed by atoms with Gasteiger partial charge in [0, 0.05) is 18.4 Å². The summed E-state index contributed by atoms with van der Waals surface area (Å²) in [5.41, 5.74) is 0. The summed E-state index contributed by atoms with van der Waals surface area (Å²) < 4.78 is 5.00. The fourth-order valence-corrected chi connectivity index (χ4v) is 2.22. The molecule has 0 aromatic heterocycles. The summed E-state index contributed by atoms with van der Waals surface area (Å²) in [7, 11) is 1.54. The minimum Gasteiger partial charge on any atom is -0.508 e. The summed E-state index contributed by atoms with van der Waals surface area (Å²) >= 11 is 0. The lowest BCUT2D eigenvalue weighted by Crippen LogP contribution is -2.04. The van der Waals surface area contributed by atoms with E-state index in [2.05, 4.69) is 0 Å². The average Bonchev–Trinajstić information content (AvgIpc) is 2.61. The molecule has 0 fully saturated rings. The van der Waals surface area contributed by atoms with Crippen molar-refractivity contribution in [3.63, 3.8) is 0 Å². The number of aliphatic hydroxyl groups is 3. The predicted molar refractivity (Wildman–Crippen MR) is 94.9 cm³/mol. The highest BCUT2D eigenvalue weighted by atomic mass is 16.5. The Morgan fingerprint density at radius 1 is 1.24 bits per heavy atom. The summed E-state index contributed by atoms with van der Waals surface area (Å²) in [6.45, 7) is 0.0440. The molecule has 2 aliphatic rings. The molecule has 0 saturated carbocycles. The number of ether oxygens (including phenoxy) is 1. The fraction of sp³-hybridized carbons (Fsp3) is 0.316. The first kappa shape index (κ1) is 20.3. The Kier molecular flexibility index (Phi) is 8.89. The van der Waals surface area contributed by atoms with E-state index in [0.717, 1.165) is 6.08 Å². The molecule has 0 amide bonds. The lowest BCUT2D eigenvalue weighted by atomic mass is 9.98. The Balaban J connectivity index is 0.000000251. The molecular weight excluding hydrogens is 324 g/mol. The van der Waals surface area contributed by atoms with Crippen molar-refractivity contribution in [2.45, 2.75) is 12.8 Å². The molecule has 0 bridgehead atoms. The molecule has 0 aromatic carbocycles. The van der Waals surface area contributed by atoms with Crippen LogP contribution in [0.3, 0.4) is 0 Å². The Labute approximate surface area is 147 Å². The van der Waals surface area contributed by atoms with Gasteiger partial charge in [0.25, 0.3) is 0 Å². The Morgan fingerprint density at radius 2 is 1.96 bits per heavy atom. The maximum absolute atomic E-state index is 10.1. The largest absolute Gasteiger partial charge is 0.508 e. The highest BCUT2D eigenvalue weighted by Gasteiger charge is 2.13. The van der Waals surface area contributed by atoms with Gasteiger partial charge in [0.05, 0.1) is 13.7 Å². The van der Waals surface area contributed by atoms with Crippen LogP contribution in [-0.4, -0.2) is 40.1 Å². The molecule has 0 aliphatic heterocycles. The second kappa shape index (κ2) is 10.9. The van der Waals surface area contributed by atoms with E-state index in [4.69, 9.17) is 20.1 Å². The van der Waals surface area contributed by atoms with E-state index in [9.17, 15) is 9.90 Å². The maximum atomic E-state index is 10.1. The van der Waals surface area contributed by atoms with Gasteiger partial charge in [-0.1, -0.05) is 30.4 Å². The predicted octanol–water partition coefficient (Wildman–Crippen LogP) is 3.17. The molecule has 25 heavy (non-hydrogen) atoms. The molecular formula is C19H24O6. The number of allylic oxidation sites excluding steroid dienone is 8. The first-order chi connectivity index (χ1) is 12.0. The SMILES string of the molecule is COC1=C(O)C=CC(/C=C/CO)C1.O=C(O)C=CC1C=CC(O)=CC1. The van der Waals surface area contributed by atoms with E-state index >= 15 is 0 Å². The standard InChI is InChI=1S/C10H14O3.C9H10O3/c1-13-10-7-8(3-2-6-11)4-5-9(10)12;10-8-4-1-7(2-5-8)3-6-9(11)12/h2-5,8,11-12H,6-7H2,1H3;1,3-7,10H,2H2,(H,11,12)/b3-2+;. The van der Waals surface area contributed by atoms with E-state index in [1.807, 2.05) is 12.2 Å². The first-order valence-corrected chi connectivity index (χ1v) is 7.86. The van der Waals surface area contributed by atoms with Gasteiger partial charge in [-0.3, -0.25) is 0 Å². The number of carboxylic acids is 1. The molecule has 2 rings (SSSR count). The molecule has 2 aliphatic carbocycles. The summed E-state index contributed by atoms with van der Waals surface area (Å²) in [4.78, 5) is 10.1. The highest BCUT2D eigenvalue weighted by molar-refractivity contribution is 5.79. The number of rotatable bonds is 5. The van der Waals surface area contributed by atoms with Crippen LogP contribution in [0.25, 0.3) is 0 Å². The van der Waals surface area contributed by atoms with Gasteiger partial charge in [-0.15, -0.1) is 0 Å². The van der Waals surface area contributed by atoms with Crippen molar-refractivity contribution in [1.29, 1.82) is 0 Å². The van der Waals surface area contributed by atoms with Gasteiger partial charge in [0.15, 0.2) is 5.76 Å². The molecule has 4 N–H and O–H groups in total. The third-order valence-corrected chi connectivity index (χ3v) is 3.54. The topological polar surface area (TPSA) is 107 Å². The molecule has 0 spiro atoms. The number of carboxylic acid groups (broad SMARTS) is 1. The summed E-state index contributed by atoms with van der Waals surface area (Å²) in [5.74, 6) is 0.387. The molecule has 0 heterocycles. The van der Waals surface area contributed by atoms with Crippen LogP contribution in [0.5, 0.6) is 0 Å². The van der Waals surface area contributed by atoms with Gasteiger partial charge < -0.3 is 25.2 Å². The summed E-state index contributed by atoms with van der Waals surface area (Å²) in [5, 5.41) is 35.1. The Morgan fingerprint density at radius 3 is 2.52 bits per heavy atom. The zero-order chi connectivity index (χ0) is 18.7. The van der Waals surface area contributed by atoms with Crippen molar-refractivity contribution in [3.05, 3.63) is 72.0 Å². The van der Waals surface area contributed by atoms with Crippen LogP contribution in [0, 0.1) is 11.8 Å². The number of carbonyl (C=O) groups is 1. The third kappa shape index (κ3) is 8.08. The number of hydrogen-bond donors (Lipinski definition) is 4. The summed E-state index contributed by atoms with van der Waals surface area (Å²) in [6, 6.07) is 0. The van der Waals surface area contributed by atoms with E-state index < -0.39 is 5.97 Å². The zero-order valence-electron chi connectivity index (χ0n) is 14.1.